The fourth-order valence-electron chi connectivity index (χ4n) is 6.93. The first-order chi connectivity index (χ1) is 16.5. The molecule has 0 unspecified atom stereocenters. The number of methoxy groups -OCH3 is 2. The van der Waals surface area contributed by atoms with Gasteiger partial charge in [0.1, 0.15) is 0 Å². The second-order valence-corrected chi connectivity index (χ2v) is 10.4. The number of amides is 1. The van der Waals surface area contributed by atoms with Crippen molar-refractivity contribution >= 4 is 5.91 Å². The Labute approximate surface area is 199 Å². The minimum Gasteiger partial charge on any atom is -0.493 e. The van der Waals surface area contributed by atoms with E-state index in [1.807, 2.05) is 42.5 Å². The third kappa shape index (κ3) is 3.75. The molecule has 4 aliphatic carbocycles. The van der Waals surface area contributed by atoms with E-state index in [1.165, 1.54) is 19.3 Å². The molecule has 2 aromatic carbocycles. The van der Waals surface area contributed by atoms with Crippen molar-refractivity contribution in [3.63, 3.8) is 0 Å². The van der Waals surface area contributed by atoms with Gasteiger partial charge in [0.25, 0.3) is 5.91 Å². The summed E-state index contributed by atoms with van der Waals surface area (Å²) in [6, 6.07) is 15.6. The standard InChI is InChI=1S/C28H30N2O4/c1-32-24-8-7-22(12-26(24)33-2)20-3-5-21(6-4-20)25-13-23(30-34-25)27(31)29-28-14-17-9-18(15-28)11-19(10-17)16-28/h3-8,12-13,17-19H,9-11,14-16H2,1-2H3,(H,29,31). The monoisotopic (exact) mass is 458 g/mol. The van der Waals surface area contributed by atoms with Crippen LogP contribution in [0.15, 0.2) is 53.1 Å². The van der Waals surface area contributed by atoms with Crippen LogP contribution in [0.25, 0.3) is 22.5 Å². The lowest BCUT2D eigenvalue weighted by Gasteiger charge is -2.56. The molecule has 3 aromatic rings. The van der Waals surface area contributed by atoms with Crippen LogP contribution in [-0.4, -0.2) is 30.8 Å². The van der Waals surface area contributed by atoms with Crippen LogP contribution in [0.4, 0.5) is 0 Å². The number of rotatable bonds is 6. The van der Waals surface area contributed by atoms with Crippen molar-refractivity contribution in [2.45, 2.75) is 44.1 Å². The summed E-state index contributed by atoms with van der Waals surface area (Å²) in [5.74, 6) is 4.21. The summed E-state index contributed by atoms with van der Waals surface area (Å²) in [7, 11) is 3.26. The van der Waals surface area contributed by atoms with Crippen LogP contribution < -0.4 is 14.8 Å². The normalized spacial score (nSPS) is 26.9. The van der Waals surface area contributed by atoms with Gasteiger partial charge in [-0.1, -0.05) is 35.5 Å². The van der Waals surface area contributed by atoms with Gasteiger partial charge in [-0.2, -0.15) is 0 Å². The molecule has 0 saturated heterocycles. The molecule has 1 amide bonds. The van der Waals surface area contributed by atoms with Gasteiger partial charge < -0.3 is 19.3 Å². The Morgan fingerprint density at radius 1 is 0.853 bits per heavy atom. The van der Waals surface area contributed by atoms with Gasteiger partial charge in [0.05, 0.1) is 14.2 Å². The molecule has 1 aromatic heterocycles. The van der Waals surface area contributed by atoms with E-state index >= 15 is 0 Å². The van der Waals surface area contributed by atoms with Gasteiger partial charge in [0, 0.05) is 17.2 Å². The summed E-state index contributed by atoms with van der Waals surface area (Å²) < 4.78 is 16.3. The van der Waals surface area contributed by atoms with Crippen molar-refractivity contribution in [3.8, 4) is 33.9 Å². The van der Waals surface area contributed by atoms with Crippen LogP contribution in [0.1, 0.15) is 49.0 Å². The predicted molar refractivity (Wildman–Crippen MR) is 129 cm³/mol. The van der Waals surface area contributed by atoms with Crippen LogP contribution in [-0.2, 0) is 0 Å². The van der Waals surface area contributed by atoms with Gasteiger partial charge in [-0.3, -0.25) is 4.79 Å². The van der Waals surface area contributed by atoms with Crippen LogP contribution in [0.5, 0.6) is 11.5 Å². The van der Waals surface area contributed by atoms with Gasteiger partial charge in [-0.25, -0.2) is 0 Å². The largest absolute Gasteiger partial charge is 0.493 e. The molecular formula is C28H30N2O4. The molecule has 0 aliphatic heterocycles. The highest BCUT2D eigenvalue weighted by Crippen LogP contribution is 2.55. The Morgan fingerprint density at radius 3 is 2.06 bits per heavy atom. The Morgan fingerprint density at radius 2 is 1.44 bits per heavy atom. The highest BCUT2D eigenvalue weighted by molar-refractivity contribution is 5.93. The van der Waals surface area contributed by atoms with Crippen molar-refractivity contribution in [2.24, 2.45) is 17.8 Å². The molecule has 34 heavy (non-hydrogen) atoms. The Hall–Kier alpha value is -3.28. The number of aromatic nitrogens is 1. The minimum atomic E-state index is -0.112. The lowest BCUT2D eigenvalue weighted by Crippen LogP contribution is -2.59. The quantitative estimate of drug-likeness (QED) is 0.511. The number of hydrogen-bond acceptors (Lipinski definition) is 5. The number of benzene rings is 2. The van der Waals surface area contributed by atoms with Crippen LogP contribution in [0, 0.1) is 17.8 Å². The number of nitrogens with one attached hydrogen (secondary N) is 1. The molecule has 7 rings (SSSR count). The zero-order valence-corrected chi connectivity index (χ0v) is 19.7. The lowest BCUT2D eigenvalue weighted by molar-refractivity contribution is -0.0168. The maximum absolute atomic E-state index is 13.1. The summed E-state index contributed by atoms with van der Waals surface area (Å²) >= 11 is 0. The zero-order chi connectivity index (χ0) is 23.3. The molecule has 6 heteroatoms. The SMILES string of the molecule is COc1ccc(-c2ccc(-c3cc(C(=O)NC45CC6CC(CC(C6)C4)C5)no3)cc2)cc1OC. The third-order valence-corrected chi connectivity index (χ3v) is 8.05. The second-order valence-electron chi connectivity index (χ2n) is 10.4. The molecule has 4 aliphatic rings. The smallest absolute Gasteiger partial charge is 0.273 e. The molecule has 0 radical (unpaired) electrons. The van der Waals surface area contributed by atoms with Crippen LogP contribution in [0.2, 0.25) is 0 Å². The van der Waals surface area contributed by atoms with Gasteiger partial charge in [-0.05, 0) is 79.5 Å². The summed E-state index contributed by atoms with van der Waals surface area (Å²) in [6.07, 6.45) is 7.40. The molecule has 4 bridgehead atoms. The van der Waals surface area contributed by atoms with Crippen molar-refractivity contribution in [1.29, 1.82) is 0 Å². The fraction of sp³-hybridized carbons (Fsp3) is 0.429. The van der Waals surface area contributed by atoms with Crippen LogP contribution >= 0.6 is 0 Å². The Balaban J connectivity index is 1.17. The van der Waals surface area contributed by atoms with E-state index in [1.54, 1.807) is 20.3 Å². The van der Waals surface area contributed by atoms with Crippen molar-refractivity contribution in [1.82, 2.24) is 10.5 Å². The maximum Gasteiger partial charge on any atom is 0.273 e. The molecule has 0 atom stereocenters. The van der Waals surface area contributed by atoms with E-state index in [0.29, 0.717) is 23.0 Å². The molecule has 4 saturated carbocycles. The fourth-order valence-corrected chi connectivity index (χ4v) is 6.93. The molecule has 1 heterocycles. The number of ether oxygens (including phenoxy) is 2. The molecule has 176 valence electrons. The minimum absolute atomic E-state index is 0.0357. The van der Waals surface area contributed by atoms with E-state index in [2.05, 4.69) is 10.5 Å². The highest BCUT2D eigenvalue weighted by Gasteiger charge is 2.51. The third-order valence-electron chi connectivity index (χ3n) is 8.05. The number of carbonyl (C=O) groups excluding carboxylic acids is 1. The predicted octanol–water partition coefficient (Wildman–Crippen LogP) is 5.72. The average Bonchev–Trinajstić information content (AvgIpc) is 3.33. The summed E-state index contributed by atoms with van der Waals surface area (Å²) in [5.41, 5.74) is 3.27. The first-order valence-corrected chi connectivity index (χ1v) is 12.2. The Kier molecular flexibility index (Phi) is 5.12. The molecule has 6 nitrogen and oxygen atoms in total. The Bertz CT molecular complexity index is 1180. The van der Waals surface area contributed by atoms with Crippen molar-refractivity contribution < 1.29 is 18.8 Å². The first-order valence-electron chi connectivity index (χ1n) is 12.2. The van der Waals surface area contributed by atoms with E-state index in [9.17, 15) is 4.79 Å². The van der Waals surface area contributed by atoms with E-state index in [-0.39, 0.29) is 11.4 Å². The lowest BCUT2D eigenvalue weighted by atomic mass is 9.53. The topological polar surface area (TPSA) is 73.6 Å². The van der Waals surface area contributed by atoms with Gasteiger partial charge >= 0.3 is 0 Å². The molecular weight excluding hydrogens is 428 g/mol. The van der Waals surface area contributed by atoms with Gasteiger partial charge in [-0.15, -0.1) is 0 Å². The summed E-state index contributed by atoms with van der Waals surface area (Å²) in [4.78, 5) is 13.1. The summed E-state index contributed by atoms with van der Waals surface area (Å²) in [5, 5.41) is 7.47. The number of nitrogens with zero attached hydrogens (tertiary/aromatic N) is 1. The van der Waals surface area contributed by atoms with E-state index in [4.69, 9.17) is 14.0 Å². The highest BCUT2D eigenvalue weighted by atomic mass is 16.5. The zero-order valence-electron chi connectivity index (χ0n) is 19.7. The average molecular weight is 459 g/mol. The van der Waals surface area contributed by atoms with E-state index < -0.39 is 0 Å². The molecule has 0 spiro atoms. The first kappa shape index (κ1) is 21.3. The molecule has 4 fully saturated rings. The van der Waals surface area contributed by atoms with Crippen molar-refractivity contribution in [3.05, 3.63) is 54.2 Å². The van der Waals surface area contributed by atoms with Crippen molar-refractivity contribution in [2.75, 3.05) is 14.2 Å². The van der Waals surface area contributed by atoms with Gasteiger partial charge in [0.2, 0.25) is 0 Å². The molecule has 1 N–H and O–H groups in total. The number of hydrogen-bond donors (Lipinski definition) is 1. The van der Waals surface area contributed by atoms with Gasteiger partial charge in [0.15, 0.2) is 23.0 Å². The number of carbonyl (C=O) groups is 1. The summed E-state index contributed by atoms with van der Waals surface area (Å²) in [6.45, 7) is 0. The second kappa shape index (κ2) is 8.19. The van der Waals surface area contributed by atoms with Crippen LogP contribution in [0.3, 0.4) is 0 Å². The maximum atomic E-state index is 13.1. The van der Waals surface area contributed by atoms with E-state index in [0.717, 1.165) is 53.7 Å².